The highest BCUT2D eigenvalue weighted by atomic mass is 32.1. The second kappa shape index (κ2) is 7.73. The van der Waals surface area contributed by atoms with E-state index in [2.05, 4.69) is 35.9 Å². The van der Waals surface area contributed by atoms with E-state index < -0.39 is 0 Å². The van der Waals surface area contributed by atoms with Gasteiger partial charge in [-0.25, -0.2) is 4.98 Å². The molecule has 0 unspecified atom stereocenters. The Hall–Kier alpha value is -1.17. The summed E-state index contributed by atoms with van der Waals surface area (Å²) in [5, 5.41) is 9.28. The van der Waals surface area contributed by atoms with Crippen molar-refractivity contribution >= 4 is 11.3 Å². The average molecular weight is 307 g/mol. The van der Waals surface area contributed by atoms with Crippen LogP contribution in [-0.4, -0.2) is 32.7 Å². The number of hydrogen-bond acceptors (Lipinski definition) is 4. The Labute approximate surface area is 131 Å². The molecule has 5 heteroatoms. The molecule has 0 spiro atoms. The zero-order chi connectivity index (χ0) is 15.2. The number of nitrogens with zero attached hydrogens (tertiary/aromatic N) is 3. The summed E-state index contributed by atoms with van der Waals surface area (Å²) in [5.74, 6) is 0.694. The van der Waals surface area contributed by atoms with E-state index in [1.54, 1.807) is 0 Å². The first-order valence-electron chi connectivity index (χ1n) is 7.44. The van der Waals surface area contributed by atoms with Crippen molar-refractivity contribution < 1.29 is 5.11 Å². The molecule has 1 N–H and O–H groups in total. The van der Waals surface area contributed by atoms with Crippen LogP contribution < -0.4 is 0 Å². The van der Waals surface area contributed by atoms with Gasteiger partial charge >= 0.3 is 0 Å². The first-order chi connectivity index (χ1) is 10.1. The first kappa shape index (κ1) is 16.2. The maximum absolute atomic E-state index is 9.28. The predicted octanol–water partition coefficient (Wildman–Crippen LogP) is 2.67. The molecule has 2 heterocycles. The summed E-state index contributed by atoms with van der Waals surface area (Å²) in [6, 6.07) is 4.46. The lowest BCUT2D eigenvalue weighted by Crippen LogP contribution is -2.26. The van der Waals surface area contributed by atoms with Crippen LogP contribution in [0, 0.1) is 5.92 Å². The highest BCUT2D eigenvalue weighted by Gasteiger charge is 2.11. The maximum atomic E-state index is 9.28. The van der Waals surface area contributed by atoms with Crippen molar-refractivity contribution in [3.05, 3.63) is 40.1 Å². The number of thiophene rings is 1. The molecular weight excluding hydrogens is 282 g/mol. The van der Waals surface area contributed by atoms with Gasteiger partial charge in [0, 0.05) is 42.6 Å². The third-order valence-electron chi connectivity index (χ3n) is 3.42. The third-order valence-corrected chi connectivity index (χ3v) is 4.52. The van der Waals surface area contributed by atoms with Crippen molar-refractivity contribution in [2.24, 2.45) is 13.0 Å². The molecule has 0 aliphatic heterocycles. The molecule has 2 aromatic heterocycles. The highest BCUT2D eigenvalue weighted by Crippen LogP contribution is 2.21. The normalized spacial score (nSPS) is 11.7. The highest BCUT2D eigenvalue weighted by molar-refractivity contribution is 7.11. The van der Waals surface area contributed by atoms with Crippen LogP contribution >= 0.6 is 11.3 Å². The van der Waals surface area contributed by atoms with Gasteiger partial charge in [0.15, 0.2) is 0 Å². The second-order valence-corrected chi connectivity index (χ2v) is 7.15. The average Bonchev–Trinajstić information content (AvgIpc) is 2.99. The van der Waals surface area contributed by atoms with Crippen LogP contribution in [0.15, 0.2) is 24.7 Å². The van der Waals surface area contributed by atoms with Crippen LogP contribution in [0.2, 0.25) is 0 Å². The van der Waals surface area contributed by atoms with Gasteiger partial charge in [0.1, 0.15) is 0 Å². The number of aromatic nitrogens is 2. The minimum atomic E-state index is 0.183. The summed E-state index contributed by atoms with van der Waals surface area (Å²) in [4.78, 5) is 9.23. The largest absolute Gasteiger partial charge is 0.395 e. The molecule has 116 valence electrons. The van der Waals surface area contributed by atoms with Gasteiger partial charge in [0.05, 0.1) is 18.6 Å². The number of aliphatic hydroxyl groups excluding tert-OH is 1. The molecule has 0 amide bonds. The van der Waals surface area contributed by atoms with Crippen LogP contribution in [0.4, 0.5) is 0 Å². The molecule has 0 aliphatic carbocycles. The lowest BCUT2D eigenvalue weighted by molar-refractivity contribution is 0.183. The molecule has 0 bridgehead atoms. The van der Waals surface area contributed by atoms with Gasteiger partial charge in [-0.1, -0.05) is 13.8 Å². The molecule has 0 saturated carbocycles. The van der Waals surface area contributed by atoms with Crippen molar-refractivity contribution in [2.45, 2.75) is 33.4 Å². The topological polar surface area (TPSA) is 41.3 Å². The molecule has 2 rings (SSSR count). The van der Waals surface area contributed by atoms with Crippen LogP contribution in [0.1, 0.15) is 29.3 Å². The number of hydrogen-bond donors (Lipinski definition) is 1. The SMILES string of the molecule is CC(C)Cc1ccc(CN(CCO)Cc2cncn2C)s1. The monoisotopic (exact) mass is 307 g/mol. The van der Waals surface area contributed by atoms with Crippen molar-refractivity contribution in [1.29, 1.82) is 0 Å². The van der Waals surface area contributed by atoms with Crippen LogP contribution in [0.5, 0.6) is 0 Å². The van der Waals surface area contributed by atoms with Gasteiger partial charge in [-0.05, 0) is 24.5 Å². The second-order valence-electron chi connectivity index (χ2n) is 5.90. The van der Waals surface area contributed by atoms with Crippen molar-refractivity contribution in [1.82, 2.24) is 14.5 Å². The molecule has 21 heavy (non-hydrogen) atoms. The summed E-state index contributed by atoms with van der Waals surface area (Å²) in [7, 11) is 2.01. The molecule has 0 radical (unpaired) electrons. The summed E-state index contributed by atoms with van der Waals surface area (Å²) < 4.78 is 2.03. The number of aryl methyl sites for hydroxylation is 1. The number of rotatable bonds is 8. The van der Waals surface area contributed by atoms with Gasteiger partial charge in [-0.3, -0.25) is 4.90 Å². The lowest BCUT2D eigenvalue weighted by atomic mass is 10.1. The fraction of sp³-hybridized carbons (Fsp3) is 0.562. The fourth-order valence-electron chi connectivity index (χ4n) is 2.36. The third kappa shape index (κ3) is 4.95. The van der Waals surface area contributed by atoms with Gasteiger partial charge in [0.25, 0.3) is 0 Å². The molecule has 4 nitrogen and oxygen atoms in total. The van der Waals surface area contributed by atoms with Crippen LogP contribution in [0.25, 0.3) is 0 Å². The lowest BCUT2D eigenvalue weighted by Gasteiger charge is -2.20. The molecule has 0 aliphatic rings. The van der Waals surface area contributed by atoms with Gasteiger partial charge in [-0.15, -0.1) is 11.3 Å². The van der Waals surface area contributed by atoms with E-state index in [1.165, 1.54) is 15.4 Å². The molecule has 0 saturated heterocycles. The zero-order valence-corrected chi connectivity index (χ0v) is 13.9. The van der Waals surface area contributed by atoms with E-state index in [4.69, 9.17) is 0 Å². The standard InChI is InChI=1S/C16H25N3OS/c1-13(2)8-15-4-5-16(21-15)11-19(6-7-20)10-14-9-17-12-18(14)3/h4-5,9,12-13,20H,6-8,10-11H2,1-3H3. The Morgan fingerprint density at radius 3 is 2.67 bits per heavy atom. The van der Waals surface area contributed by atoms with Crippen LogP contribution in [-0.2, 0) is 26.6 Å². The minimum absolute atomic E-state index is 0.183. The molecule has 0 aromatic carbocycles. The molecule has 0 fully saturated rings. The van der Waals surface area contributed by atoms with Gasteiger partial charge in [-0.2, -0.15) is 0 Å². The number of imidazole rings is 1. The molecule has 2 aromatic rings. The smallest absolute Gasteiger partial charge is 0.0945 e. The van der Waals surface area contributed by atoms with Crippen molar-refractivity contribution in [3.8, 4) is 0 Å². The first-order valence-corrected chi connectivity index (χ1v) is 8.26. The number of aliphatic hydroxyl groups is 1. The Bertz CT molecular complexity index is 547. The summed E-state index contributed by atoms with van der Waals surface area (Å²) in [5.41, 5.74) is 1.17. The molecular formula is C16H25N3OS. The Morgan fingerprint density at radius 2 is 2.05 bits per heavy atom. The van der Waals surface area contributed by atoms with Gasteiger partial charge < -0.3 is 9.67 Å². The summed E-state index contributed by atoms with van der Waals surface area (Å²) >= 11 is 1.89. The summed E-state index contributed by atoms with van der Waals surface area (Å²) in [6.07, 6.45) is 4.85. The quantitative estimate of drug-likeness (QED) is 0.815. The van der Waals surface area contributed by atoms with Crippen molar-refractivity contribution in [2.75, 3.05) is 13.2 Å². The summed E-state index contributed by atoms with van der Waals surface area (Å²) in [6.45, 7) is 7.06. The Balaban J connectivity index is 1.99. The van der Waals surface area contributed by atoms with Gasteiger partial charge in [0.2, 0.25) is 0 Å². The Morgan fingerprint density at radius 1 is 1.29 bits per heavy atom. The maximum Gasteiger partial charge on any atom is 0.0945 e. The minimum Gasteiger partial charge on any atom is -0.395 e. The predicted molar refractivity (Wildman–Crippen MR) is 87.3 cm³/mol. The van der Waals surface area contributed by atoms with E-state index in [0.29, 0.717) is 12.5 Å². The zero-order valence-electron chi connectivity index (χ0n) is 13.1. The van der Waals surface area contributed by atoms with E-state index in [1.807, 2.05) is 35.5 Å². The van der Waals surface area contributed by atoms with Crippen LogP contribution in [0.3, 0.4) is 0 Å². The fourth-order valence-corrected chi connectivity index (χ4v) is 3.63. The van der Waals surface area contributed by atoms with E-state index >= 15 is 0 Å². The van der Waals surface area contributed by atoms with Crippen molar-refractivity contribution in [3.63, 3.8) is 0 Å². The Kier molecular flexibility index (Phi) is 5.96. The molecule has 0 atom stereocenters. The van der Waals surface area contributed by atoms with E-state index in [9.17, 15) is 5.11 Å². The van der Waals surface area contributed by atoms with E-state index in [0.717, 1.165) is 19.5 Å². The van der Waals surface area contributed by atoms with E-state index in [-0.39, 0.29) is 6.61 Å².